The van der Waals surface area contributed by atoms with Gasteiger partial charge in [0, 0.05) is 0 Å². The van der Waals surface area contributed by atoms with Crippen molar-refractivity contribution in [3.8, 4) is 0 Å². The Morgan fingerprint density at radius 1 is 1.43 bits per heavy atom. The fraction of sp³-hybridized carbons (Fsp3) is 0.167. The van der Waals surface area contributed by atoms with Crippen molar-refractivity contribution in [2.45, 2.75) is 13.3 Å². The standard InChI is InChI=1S/C10H9.C2H4N.Y/c1-8-6-7-9-4-2-3-5-10(8)9;1-2-3;/h2-4,6-7H,1,5H2;3H,1H3;/q2*-1;+3. The van der Waals surface area contributed by atoms with Gasteiger partial charge in [-0.05, 0) is 0 Å². The van der Waals surface area contributed by atoms with Crippen molar-refractivity contribution in [1.82, 2.24) is 0 Å². The van der Waals surface area contributed by atoms with Gasteiger partial charge in [-0.15, -0.1) is 11.6 Å². The van der Waals surface area contributed by atoms with Crippen LogP contribution in [0.25, 0.3) is 0 Å². The van der Waals surface area contributed by atoms with E-state index in [0.717, 1.165) is 6.42 Å². The average Bonchev–Trinajstić information content (AvgIpc) is 2.50. The minimum Gasteiger partial charge on any atom is -0.519 e. The van der Waals surface area contributed by atoms with Crippen LogP contribution in [0.15, 0.2) is 47.1 Å². The maximum absolute atomic E-state index is 5.96. The van der Waals surface area contributed by atoms with Crippen LogP contribution in [0.4, 0.5) is 0 Å². The summed E-state index contributed by atoms with van der Waals surface area (Å²) in [6.45, 7) is 5.48. The molecule has 1 nitrogen and oxygen atoms in total. The van der Waals surface area contributed by atoms with Crippen molar-refractivity contribution in [2.24, 2.45) is 0 Å². The zero-order chi connectivity index (χ0) is 9.68. The zero-order valence-corrected chi connectivity index (χ0v) is 11.2. The maximum atomic E-state index is 5.96. The Labute approximate surface area is 111 Å². The third-order valence-corrected chi connectivity index (χ3v) is 1.93. The van der Waals surface area contributed by atoms with Gasteiger partial charge in [-0.1, -0.05) is 30.2 Å². The SMILES string of the molecule is C[C-]=N.[CH2-]C1=C2CC=CC=C2C=C1.[Y+3]. The molecule has 0 atom stereocenters. The topological polar surface area (TPSA) is 23.9 Å². The van der Waals surface area contributed by atoms with Gasteiger partial charge in [0.2, 0.25) is 0 Å². The van der Waals surface area contributed by atoms with Crippen LogP contribution in [0.2, 0.25) is 0 Å². The van der Waals surface area contributed by atoms with Crippen LogP contribution in [0, 0.1) is 12.3 Å². The van der Waals surface area contributed by atoms with Crippen molar-refractivity contribution in [3.63, 3.8) is 0 Å². The second kappa shape index (κ2) is 6.97. The van der Waals surface area contributed by atoms with Crippen LogP contribution in [0.5, 0.6) is 0 Å². The Morgan fingerprint density at radius 3 is 2.64 bits per heavy atom. The van der Waals surface area contributed by atoms with Crippen LogP contribution in [0.3, 0.4) is 0 Å². The Kier molecular flexibility index (Phi) is 6.77. The smallest absolute Gasteiger partial charge is 0.519 e. The minimum atomic E-state index is 0. The van der Waals surface area contributed by atoms with E-state index in [-0.39, 0.29) is 32.7 Å². The molecule has 0 aliphatic heterocycles. The molecule has 0 saturated carbocycles. The number of fused-ring (bicyclic) bond motifs is 1. The van der Waals surface area contributed by atoms with E-state index in [9.17, 15) is 0 Å². The molecular formula is C12H13NY+. The van der Waals surface area contributed by atoms with E-state index in [0.29, 0.717) is 0 Å². The molecule has 0 aromatic carbocycles. The zero-order valence-electron chi connectivity index (χ0n) is 8.38. The van der Waals surface area contributed by atoms with Gasteiger partial charge in [-0.3, -0.25) is 0 Å². The predicted octanol–water partition coefficient (Wildman–Crippen LogP) is 3.10. The second-order valence-electron chi connectivity index (χ2n) is 2.84. The number of rotatable bonds is 0. The molecule has 0 bridgehead atoms. The summed E-state index contributed by atoms with van der Waals surface area (Å²) >= 11 is 0. The van der Waals surface area contributed by atoms with Gasteiger partial charge in [-0.2, -0.15) is 25.5 Å². The molecular weight excluding hydrogens is 247 g/mol. The summed E-state index contributed by atoms with van der Waals surface area (Å²) in [6.07, 6.45) is 13.7. The maximum Gasteiger partial charge on any atom is 3.00 e. The molecule has 14 heavy (non-hydrogen) atoms. The van der Waals surface area contributed by atoms with Gasteiger partial charge in [0.05, 0.1) is 0 Å². The summed E-state index contributed by atoms with van der Waals surface area (Å²) in [5.74, 6) is 0. The molecule has 68 valence electrons. The van der Waals surface area contributed by atoms with Gasteiger partial charge in [0.1, 0.15) is 0 Å². The van der Waals surface area contributed by atoms with Crippen LogP contribution in [-0.2, 0) is 32.7 Å². The fourth-order valence-electron chi connectivity index (χ4n) is 1.34. The molecule has 2 aliphatic rings. The average molecular weight is 260 g/mol. The normalized spacial score (nSPS) is 16.2. The van der Waals surface area contributed by atoms with Crippen molar-refractivity contribution < 1.29 is 32.7 Å². The number of hydrogen-bond acceptors (Lipinski definition) is 1. The van der Waals surface area contributed by atoms with Crippen LogP contribution in [-0.4, -0.2) is 6.21 Å². The molecule has 0 spiro atoms. The Hall–Kier alpha value is -0.396. The summed E-state index contributed by atoms with van der Waals surface area (Å²) in [4.78, 5) is 0. The molecule has 0 heterocycles. The summed E-state index contributed by atoms with van der Waals surface area (Å²) in [7, 11) is 0. The van der Waals surface area contributed by atoms with Gasteiger partial charge in [0.15, 0.2) is 0 Å². The monoisotopic (exact) mass is 260 g/mol. The Balaban J connectivity index is 0.000000381. The van der Waals surface area contributed by atoms with Gasteiger partial charge >= 0.3 is 32.7 Å². The molecule has 2 rings (SSSR count). The molecule has 0 aromatic rings. The molecule has 0 amide bonds. The molecule has 0 unspecified atom stereocenters. The van der Waals surface area contributed by atoms with Gasteiger partial charge in [0.25, 0.3) is 0 Å². The first kappa shape index (κ1) is 13.6. The first-order chi connectivity index (χ1) is 6.29. The molecule has 0 radical (unpaired) electrons. The van der Waals surface area contributed by atoms with Crippen molar-refractivity contribution in [1.29, 1.82) is 5.41 Å². The molecule has 1 N–H and O–H groups in total. The number of allylic oxidation sites excluding steroid dienone is 8. The van der Waals surface area contributed by atoms with Crippen LogP contribution >= 0.6 is 0 Å². The minimum absolute atomic E-state index is 0. The van der Waals surface area contributed by atoms with Crippen molar-refractivity contribution in [3.05, 3.63) is 54.0 Å². The summed E-state index contributed by atoms with van der Waals surface area (Å²) in [5.41, 5.74) is 3.91. The third kappa shape index (κ3) is 3.40. The van der Waals surface area contributed by atoms with E-state index >= 15 is 0 Å². The molecule has 2 heteroatoms. The van der Waals surface area contributed by atoms with Crippen LogP contribution in [0.1, 0.15) is 13.3 Å². The fourth-order valence-corrected chi connectivity index (χ4v) is 1.34. The number of hydrogen-bond donors (Lipinski definition) is 1. The van der Waals surface area contributed by atoms with E-state index in [4.69, 9.17) is 5.41 Å². The summed E-state index contributed by atoms with van der Waals surface area (Å²) in [6, 6.07) is 0. The molecule has 0 fully saturated rings. The molecule has 0 aromatic heterocycles. The summed E-state index contributed by atoms with van der Waals surface area (Å²) < 4.78 is 0. The van der Waals surface area contributed by atoms with E-state index in [1.165, 1.54) is 16.7 Å². The van der Waals surface area contributed by atoms with Gasteiger partial charge in [-0.25, -0.2) is 0 Å². The van der Waals surface area contributed by atoms with E-state index in [1.807, 2.05) is 6.21 Å². The molecule has 2 aliphatic carbocycles. The number of nitrogens with one attached hydrogen (secondary N) is 1. The first-order valence-electron chi connectivity index (χ1n) is 4.23. The van der Waals surface area contributed by atoms with Crippen molar-refractivity contribution in [2.75, 3.05) is 0 Å². The van der Waals surface area contributed by atoms with Crippen molar-refractivity contribution >= 4 is 6.21 Å². The quantitative estimate of drug-likeness (QED) is 0.511. The Morgan fingerprint density at radius 2 is 2.07 bits per heavy atom. The molecule has 0 saturated heterocycles. The van der Waals surface area contributed by atoms with E-state index in [1.54, 1.807) is 6.92 Å². The largest absolute Gasteiger partial charge is 3.00 e. The first-order valence-corrected chi connectivity index (χ1v) is 4.23. The second-order valence-corrected chi connectivity index (χ2v) is 2.84. The summed E-state index contributed by atoms with van der Waals surface area (Å²) in [5, 5.41) is 5.96. The Bertz CT molecular complexity index is 319. The van der Waals surface area contributed by atoms with Crippen LogP contribution < -0.4 is 0 Å². The third-order valence-electron chi connectivity index (χ3n) is 1.93. The predicted molar refractivity (Wildman–Crippen MR) is 56.8 cm³/mol. The van der Waals surface area contributed by atoms with E-state index in [2.05, 4.69) is 37.3 Å². The van der Waals surface area contributed by atoms with Gasteiger partial charge < -0.3 is 11.6 Å². The van der Waals surface area contributed by atoms with E-state index < -0.39 is 0 Å².